The molecule has 1 aromatic heterocycles. The first-order valence-electron chi connectivity index (χ1n) is 11.0. The number of rotatable bonds is 8. The minimum Gasteiger partial charge on any atom is -0.333 e. The van der Waals surface area contributed by atoms with Crippen LogP contribution in [-0.4, -0.2) is 38.2 Å². The van der Waals surface area contributed by atoms with E-state index in [9.17, 15) is 22.4 Å². The molecule has 10 heteroatoms. The summed E-state index contributed by atoms with van der Waals surface area (Å²) in [5, 5.41) is 11.1. The molecule has 0 fully saturated rings. The smallest absolute Gasteiger partial charge is 0.224 e. The van der Waals surface area contributed by atoms with Crippen molar-refractivity contribution in [1.29, 1.82) is 0 Å². The van der Waals surface area contributed by atoms with Crippen LogP contribution in [0.25, 0.3) is 0 Å². The minimum absolute atomic E-state index is 0.000283. The molecule has 2 atom stereocenters. The fourth-order valence-corrected chi connectivity index (χ4v) is 4.24. The Labute approximate surface area is 194 Å². The minimum atomic E-state index is -1.26. The normalized spacial score (nSPS) is 15.1. The van der Waals surface area contributed by atoms with Gasteiger partial charge in [0.1, 0.15) is 12.5 Å². The number of aromatic nitrogens is 3. The molecule has 1 N–H and O–H groups in total. The molecule has 180 valence electrons. The second kappa shape index (κ2) is 10.3. The lowest BCUT2D eigenvalue weighted by molar-refractivity contribution is -0.133. The molecule has 2 heterocycles. The highest BCUT2D eigenvalue weighted by Crippen LogP contribution is 2.21. The summed E-state index contributed by atoms with van der Waals surface area (Å²) in [4.78, 5) is 14.7. The average Bonchev–Trinajstić information content (AvgIpc) is 3.25. The van der Waals surface area contributed by atoms with Gasteiger partial charge in [-0.3, -0.25) is 4.79 Å². The van der Waals surface area contributed by atoms with E-state index in [0.29, 0.717) is 25.0 Å². The van der Waals surface area contributed by atoms with E-state index >= 15 is 0 Å². The zero-order chi connectivity index (χ0) is 24.2. The van der Waals surface area contributed by atoms with Crippen LogP contribution in [0.4, 0.5) is 17.6 Å². The predicted octanol–water partition coefficient (Wildman–Crippen LogP) is 3.86. The molecule has 0 bridgehead atoms. The van der Waals surface area contributed by atoms with Gasteiger partial charge in [-0.05, 0) is 30.5 Å². The van der Waals surface area contributed by atoms with E-state index in [2.05, 4.69) is 15.5 Å². The summed E-state index contributed by atoms with van der Waals surface area (Å²) in [7, 11) is 0. The number of hydrogen-bond donors (Lipinski definition) is 1. The van der Waals surface area contributed by atoms with E-state index in [1.165, 1.54) is 0 Å². The number of benzene rings is 2. The van der Waals surface area contributed by atoms with Gasteiger partial charge in [0.2, 0.25) is 5.91 Å². The van der Waals surface area contributed by atoms with Crippen LogP contribution in [0.5, 0.6) is 0 Å². The van der Waals surface area contributed by atoms with E-state index in [1.54, 1.807) is 9.47 Å². The summed E-state index contributed by atoms with van der Waals surface area (Å²) in [5.41, 5.74) is 0.950. The topological polar surface area (TPSA) is 63.1 Å². The zero-order valence-corrected chi connectivity index (χ0v) is 18.6. The number of alkyl halides is 1. The van der Waals surface area contributed by atoms with Crippen LogP contribution in [0.3, 0.4) is 0 Å². The molecular formula is C24H25F4N5O. The van der Waals surface area contributed by atoms with Gasteiger partial charge in [0.15, 0.2) is 23.3 Å². The predicted molar refractivity (Wildman–Crippen MR) is 117 cm³/mol. The number of nitrogens with zero attached hydrogens (tertiary/aromatic N) is 4. The number of amides is 1. The molecule has 6 nitrogen and oxygen atoms in total. The molecule has 0 unspecified atom stereocenters. The third-order valence-electron chi connectivity index (χ3n) is 6.06. The van der Waals surface area contributed by atoms with E-state index in [0.717, 1.165) is 11.6 Å². The van der Waals surface area contributed by atoms with Crippen LogP contribution < -0.4 is 5.32 Å². The van der Waals surface area contributed by atoms with E-state index in [4.69, 9.17) is 0 Å². The number of hydrogen-bond acceptors (Lipinski definition) is 4. The summed E-state index contributed by atoms with van der Waals surface area (Å²) >= 11 is 0. The van der Waals surface area contributed by atoms with Crippen molar-refractivity contribution in [1.82, 2.24) is 25.0 Å². The van der Waals surface area contributed by atoms with Crippen molar-refractivity contribution < 1.29 is 22.4 Å². The highest BCUT2D eigenvalue weighted by atomic mass is 19.2. The first kappa shape index (κ1) is 23.9. The van der Waals surface area contributed by atoms with Crippen LogP contribution in [0, 0.1) is 17.5 Å². The van der Waals surface area contributed by atoms with Gasteiger partial charge in [-0.15, -0.1) is 10.2 Å². The van der Waals surface area contributed by atoms with Crippen molar-refractivity contribution in [3.8, 4) is 0 Å². The third-order valence-corrected chi connectivity index (χ3v) is 6.06. The Kier molecular flexibility index (Phi) is 7.26. The second-order valence-electron chi connectivity index (χ2n) is 8.39. The van der Waals surface area contributed by atoms with Crippen LogP contribution in [-0.2, 0) is 31.0 Å². The van der Waals surface area contributed by atoms with Crippen molar-refractivity contribution in [3.63, 3.8) is 0 Å². The first-order chi connectivity index (χ1) is 16.4. The molecule has 0 aliphatic carbocycles. The van der Waals surface area contributed by atoms with Gasteiger partial charge >= 0.3 is 0 Å². The van der Waals surface area contributed by atoms with E-state index in [-0.39, 0.29) is 42.7 Å². The number of carbonyl (C=O) groups is 1. The van der Waals surface area contributed by atoms with Crippen molar-refractivity contribution in [2.45, 2.75) is 51.6 Å². The monoisotopic (exact) mass is 475 g/mol. The van der Waals surface area contributed by atoms with Gasteiger partial charge in [0.05, 0.1) is 6.54 Å². The molecule has 0 saturated carbocycles. The lowest BCUT2D eigenvalue weighted by atomic mass is 9.99. The summed E-state index contributed by atoms with van der Waals surface area (Å²) in [6, 6.07) is 10.1. The lowest BCUT2D eigenvalue weighted by Gasteiger charge is -2.30. The Morgan fingerprint density at radius 2 is 1.79 bits per heavy atom. The van der Waals surface area contributed by atoms with Crippen molar-refractivity contribution in [3.05, 3.63) is 82.7 Å². The van der Waals surface area contributed by atoms with Gasteiger partial charge in [-0.1, -0.05) is 30.3 Å². The van der Waals surface area contributed by atoms with Crippen LogP contribution in [0.1, 0.15) is 42.2 Å². The molecule has 0 saturated heterocycles. The SMILES string of the molecule is C[C@@H](N[C@@H](CC(=O)N1CCn2c(CF)nnc2C1)Cc1cc(F)c(F)cc1F)c1ccccc1. The van der Waals surface area contributed by atoms with Crippen molar-refractivity contribution in [2.75, 3.05) is 6.54 Å². The number of nitrogens with one attached hydrogen (secondary N) is 1. The summed E-state index contributed by atoms with van der Waals surface area (Å²) in [5.74, 6) is -2.75. The quantitative estimate of drug-likeness (QED) is 0.397. The molecule has 1 aliphatic heterocycles. The molecule has 0 radical (unpaired) electrons. The largest absolute Gasteiger partial charge is 0.333 e. The molecule has 34 heavy (non-hydrogen) atoms. The zero-order valence-electron chi connectivity index (χ0n) is 18.6. The summed E-state index contributed by atoms with van der Waals surface area (Å²) < 4.78 is 56.2. The fourth-order valence-electron chi connectivity index (χ4n) is 4.24. The van der Waals surface area contributed by atoms with Gasteiger partial charge < -0.3 is 14.8 Å². The average molecular weight is 475 g/mol. The number of carbonyl (C=O) groups excluding carboxylic acids is 1. The molecule has 1 amide bonds. The highest BCUT2D eigenvalue weighted by molar-refractivity contribution is 5.77. The molecule has 2 aromatic carbocycles. The van der Waals surface area contributed by atoms with Gasteiger partial charge in [0, 0.05) is 37.7 Å². The lowest BCUT2D eigenvalue weighted by Crippen LogP contribution is -2.43. The maximum atomic E-state index is 14.4. The molecule has 3 aromatic rings. The maximum Gasteiger partial charge on any atom is 0.224 e. The summed E-state index contributed by atoms with van der Waals surface area (Å²) in [6.07, 6.45) is -0.0122. The Hall–Kier alpha value is -3.27. The maximum absolute atomic E-state index is 14.4. The van der Waals surface area contributed by atoms with Crippen LogP contribution in [0.2, 0.25) is 0 Å². The summed E-state index contributed by atoms with van der Waals surface area (Å²) in [6.45, 7) is 2.10. The number of halogens is 4. The molecule has 4 rings (SSSR count). The van der Waals surface area contributed by atoms with Gasteiger partial charge in [-0.25, -0.2) is 17.6 Å². The van der Waals surface area contributed by atoms with Crippen molar-refractivity contribution in [2.24, 2.45) is 0 Å². The molecule has 0 spiro atoms. The van der Waals surface area contributed by atoms with Crippen LogP contribution in [0.15, 0.2) is 42.5 Å². The Bertz CT molecular complexity index is 1150. The van der Waals surface area contributed by atoms with Crippen LogP contribution >= 0.6 is 0 Å². The highest BCUT2D eigenvalue weighted by Gasteiger charge is 2.27. The second-order valence-corrected chi connectivity index (χ2v) is 8.39. The standard InChI is InChI=1S/C24H25F4N5O/c1-15(16-5-3-2-4-6-16)29-18(9-17-10-20(27)21(28)12-19(17)26)11-24(34)32-7-8-33-22(13-25)30-31-23(33)14-32/h2-6,10,12,15,18,29H,7-9,11,13-14H2,1H3/t15-,18-/m1/s1. The number of fused-ring (bicyclic) bond motifs is 1. The molecule has 1 aliphatic rings. The van der Waals surface area contributed by atoms with Gasteiger partial charge in [-0.2, -0.15) is 0 Å². The third kappa shape index (κ3) is 5.27. The van der Waals surface area contributed by atoms with E-state index in [1.807, 2.05) is 37.3 Å². The Balaban J connectivity index is 1.51. The fraction of sp³-hybridized carbons (Fsp3) is 0.375. The Morgan fingerprint density at radius 1 is 1.06 bits per heavy atom. The van der Waals surface area contributed by atoms with E-state index < -0.39 is 30.2 Å². The van der Waals surface area contributed by atoms with Gasteiger partial charge in [0.25, 0.3) is 0 Å². The van der Waals surface area contributed by atoms with Crippen molar-refractivity contribution >= 4 is 5.91 Å². The first-order valence-corrected chi connectivity index (χ1v) is 11.0. The Morgan fingerprint density at radius 3 is 2.53 bits per heavy atom. The molecular weight excluding hydrogens is 450 g/mol.